The minimum atomic E-state index is -0.770. The molecule has 2 rings (SSSR count). The van der Waals surface area contributed by atoms with E-state index in [1.807, 2.05) is 6.07 Å². The Kier molecular flexibility index (Phi) is 5.45. The molecule has 0 heterocycles. The number of methoxy groups -OCH3 is 1. The van der Waals surface area contributed by atoms with Crippen LogP contribution in [0.4, 0.5) is 5.69 Å². The van der Waals surface area contributed by atoms with Gasteiger partial charge in [-0.15, -0.1) is 0 Å². The molecule has 0 aromatic heterocycles. The van der Waals surface area contributed by atoms with Crippen molar-refractivity contribution >= 4 is 23.2 Å². The van der Waals surface area contributed by atoms with Gasteiger partial charge in [-0.25, -0.2) is 0 Å². The molecule has 6 heteroatoms. The molecule has 0 saturated heterocycles. The second-order valence-corrected chi connectivity index (χ2v) is 5.11. The number of para-hydroxylation sites is 1. The summed E-state index contributed by atoms with van der Waals surface area (Å²) >= 11 is 6.01. The highest BCUT2D eigenvalue weighted by atomic mass is 35.5. The number of hydrogen-bond donors (Lipinski definition) is 1. The van der Waals surface area contributed by atoms with Gasteiger partial charge in [-0.2, -0.15) is 5.26 Å². The van der Waals surface area contributed by atoms with E-state index in [4.69, 9.17) is 26.3 Å². The third-order valence-corrected chi connectivity index (χ3v) is 3.43. The Hall–Kier alpha value is -2.71. The van der Waals surface area contributed by atoms with Crippen LogP contribution < -0.4 is 14.8 Å². The minimum absolute atomic E-state index is 0.343. The Morgan fingerprint density at radius 3 is 2.65 bits per heavy atom. The second-order valence-electron chi connectivity index (χ2n) is 4.71. The van der Waals surface area contributed by atoms with Crippen molar-refractivity contribution in [2.24, 2.45) is 0 Å². The number of amides is 1. The molecule has 5 nitrogen and oxygen atoms in total. The summed E-state index contributed by atoms with van der Waals surface area (Å²) in [5.74, 6) is 0.430. The molecule has 0 unspecified atom stereocenters. The molecular weight excluding hydrogens is 316 g/mol. The molecule has 1 amide bonds. The van der Waals surface area contributed by atoms with Crippen LogP contribution in [0.15, 0.2) is 42.5 Å². The largest absolute Gasteiger partial charge is 0.493 e. The van der Waals surface area contributed by atoms with Crippen LogP contribution in [-0.4, -0.2) is 19.1 Å². The van der Waals surface area contributed by atoms with E-state index in [9.17, 15) is 4.79 Å². The monoisotopic (exact) mass is 330 g/mol. The molecule has 0 saturated carbocycles. The first-order valence-electron chi connectivity index (χ1n) is 6.85. The van der Waals surface area contributed by atoms with Crippen molar-refractivity contribution in [2.75, 3.05) is 12.4 Å². The van der Waals surface area contributed by atoms with Gasteiger partial charge < -0.3 is 14.8 Å². The Labute approximate surface area is 139 Å². The maximum Gasteiger partial charge on any atom is 0.265 e. The molecule has 0 aliphatic rings. The Morgan fingerprint density at radius 1 is 1.26 bits per heavy atom. The number of benzene rings is 2. The molecule has 2 aromatic rings. The minimum Gasteiger partial charge on any atom is -0.493 e. The molecule has 0 aliphatic carbocycles. The van der Waals surface area contributed by atoms with Gasteiger partial charge >= 0.3 is 0 Å². The number of nitrogens with zero attached hydrogens (tertiary/aromatic N) is 1. The zero-order valence-corrected chi connectivity index (χ0v) is 13.4. The van der Waals surface area contributed by atoms with Crippen molar-refractivity contribution in [3.05, 3.63) is 53.1 Å². The van der Waals surface area contributed by atoms with E-state index >= 15 is 0 Å². The summed E-state index contributed by atoms with van der Waals surface area (Å²) in [5.41, 5.74) is 0.962. The average molecular weight is 331 g/mol. The number of halogens is 1. The smallest absolute Gasteiger partial charge is 0.265 e. The number of ether oxygens (including phenoxy) is 2. The first-order valence-corrected chi connectivity index (χ1v) is 7.23. The molecule has 0 aliphatic heterocycles. The van der Waals surface area contributed by atoms with Gasteiger partial charge in [-0.05, 0) is 31.2 Å². The topological polar surface area (TPSA) is 71.3 Å². The van der Waals surface area contributed by atoms with E-state index in [-0.39, 0.29) is 5.91 Å². The summed E-state index contributed by atoms with van der Waals surface area (Å²) in [4.78, 5) is 12.2. The summed E-state index contributed by atoms with van der Waals surface area (Å²) in [7, 11) is 1.47. The summed E-state index contributed by atoms with van der Waals surface area (Å²) in [6, 6.07) is 13.7. The van der Waals surface area contributed by atoms with Crippen molar-refractivity contribution in [3.8, 4) is 17.6 Å². The quantitative estimate of drug-likeness (QED) is 0.908. The fourth-order valence-corrected chi connectivity index (χ4v) is 2.06. The van der Waals surface area contributed by atoms with Crippen LogP contribution >= 0.6 is 11.6 Å². The molecule has 0 bridgehead atoms. The van der Waals surface area contributed by atoms with Gasteiger partial charge in [0.1, 0.15) is 0 Å². The van der Waals surface area contributed by atoms with Gasteiger partial charge in [0.25, 0.3) is 5.91 Å². The molecule has 23 heavy (non-hydrogen) atoms. The maximum atomic E-state index is 12.2. The Balaban J connectivity index is 2.10. The van der Waals surface area contributed by atoms with E-state index in [1.165, 1.54) is 7.11 Å². The Morgan fingerprint density at radius 2 is 2.00 bits per heavy atom. The van der Waals surface area contributed by atoms with Crippen LogP contribution in [0.3, 0.4) is 0 Å². The van der Waals surface area contributed by atoms with Crippen molar-refractivity contribution in [3.63, 3.8) is 0 Å². The molecular formula is C17H15ClN2O3. The fourth-order valence-electron chi connectivity index (χ4n) is 1.88. The van der Waals surface area contributed by atoms with E-state index in [0.29, 0.717) is 27.8 Å². The number of carbonyl (C=O) groups excluding carboxylic acids is 1. The molecule has 2 aromatic carbocycles. The fraction of sp³-hybridized carbons (Fsp3) is 0.176. The summed E-state index contributed by atoms with van der Waals surface area (Å²) in [6.07, 6.45) is -0.770. The molecule has 0 radical (unpaired) electrons. The predicted octanol–water partition coefficient (Wildman–Crippen LogP) is 3.63. The van der Waals surface area contributed by atoms with Gasteiger partial charge in [-0.1, -0.05) is 23.7 Å². The predicted molar refractivity (Wildman–Crippen MR) is 87.9 cm³/mol. The van der Waals surface area contributed by atoms with Gasteiger partial charge in [-0.3, -0.25) is 4.79 Å². The summed E-state index contributed by atoms with van der Waals surface area (Å²) < 4.78 is 10.8. The molecule has 118 valence electrons. The van der Waals surface area contributed by atoms with Crippen LogP contribution in [0.5, 0.6) is 11.5 Å². The molecule has 1 atom stereocenters. The number of hydrogen-bond acceptors (Lipinski definition) is 4. The van der Waals surface area contributed by atoms with Crippen LogP contribution in [-0.2, 0) is 4.79 Å². The van der Waals surface area contributed by atoms with E-state index < -0.39 is 6.10 Å². The third-order valence-electron chi connectivity index (χ3n) is 3.10. The summed E-state index contributed by atoms with van der Waals surface area (Å²) in [5, 5.41) is 12.0. The standard InChI is InChI=1S/C17H15ClN2O3/c1-11(17(21)20-14-6-4-3-5-13(14)18)23-15-8-7-12(10-19)9-16(15)22-2/h3-9,11H,1-2H3,(H,20,21)/t11-/m0/s1. The zero-order chi connectivity index (χ0) is 16.8. The first-order chi connectivity index (χ1) is 11.0. The second kappa shape index (κ2) is 7.52. The van der Waals surface area contributed by atoms with E-state index in [1.54, 1.807) is 49.4 Å². The van der Waals surface area contributed by atoms with Crippen molar-refractivity contribution in [1.29, 1.82) is 5.26 Å². The highest BCUT2D eigenvalue weighted by molar-refractivity contribution is 6.33. The normalized spacial score (nSPS) is 11.2. The molecule has 1 N–H and O–H groups in total. The van der Waals surface area contributed by atoms with Crippen LogP contribution in [0, 0.1) is 11.3 Å². The van der Waals surface area contributed by atoms with Crippen LogP contribution in [0.2, 0.25) is 5.02 Å². The van der Waals surface area contributed by atoms with Crippen LogP contribution in [0.25, 0.3) is 0 Å². The lowest BCUT2D eigenvalue weighted by Gasteiger charge is -2.17. The molecule has 0 spiro atoms. The lowest BCUT2D eigenvalue weighted by molar-refractivity contribution is -0.122. The van der Waals surface area contributed by atoms with Crippen molar-refractivity contribution in [2.45, 2.75) is 13.0 Å². The number of rotatable bonds is 5. The van der Waals surface area contributed by atoms with Crippen molar-refractivity contribution in [1.82, 2.24) is 0 Å². The highest BCUT2D eigenvalue weighted by Crippen LogP contribution is 2.29. The molecule has 0 fully saturated rings. The first kappa shape index (κ1) is 16.7. The number of anilines is 1. The maximum absolute atomic E-state index is 12.2. The zero-order valence-electron chi connectivity index (χ0n) is 12.7. The van der Waals surface area contributed by atoms with Crippen LogP contribution in [0.1, 0.15) is 12.5 Å². The van der Waals surface area contributed by atoms with Crippen molar-refractivity contribution < 1.29 is 14.3 Å². The lowest BCUT2D eigenvalue weighted by atomic mass is 10.2. The Bertz CT molecular complexity index is 756. The summed E-state index contributed by atoms with van der Waals surface area (Å²) in [6.45, 7) is 1.61. The SMILES string of the molecule is COc1cc(C#N)ccc1O[C@@H](C)C(=O)Nc1ccccc1Cl. The lowest BCUT2D eigenvalue weighted by Crippen LogP contribution is -2.30. The van der Waals surface area contributed by atoms with Gasteiger partial charge in [0.15, 0.2) is 17.6 Å². The van der Waals surface area contributed by atoms with E-state index in [2.05, 4.69) is 5.32 Å². The van der Waals surface area contributed by atoms with E-state index in [0.717, 1.165) is 0 Å². The number of nitrogens with one attached hydrogen (secondary N) is 1. The highest BCUT2D eigenvalue weighted by Gasteiger charge is 2.18. The number of carbonyl (C=O) groups is 1. The van der Waals surface area contributed by atoms with Gasteiger partial charge in [0.2, 0.25) is 0 Å². The third kappa shape index (κ3) is 4.15. The number of nitriles is 1. The van der Waals surface area contributed by atoms with Gasteiger partial charge in [0.05, 0.1) is 29.5 Å². The average Bonchev–Trinajstić information content (AvgIpc) is 2.57. The van der Waals surface area contributed by atoms with Gasteiger partial charge in [0, 0.05) is 6.07 Å².